The van der Waals surface area contributed by atoms with Crippen LogP contribution in [-0.2, 0) is 0 Å². The van der Waals surface area contributed by atoms with Crippen LogP contribution in [0.5, 0.6) is 0 Å². The van der Waals surface area contributed by atoms with Crippen LogP contribution in [0, 0.1) is 0 Å². The van der Waals surface area contributed by atoms with Crippen molar-refractivity contribution in [2.75, 3.05) is 0 Å². The summed E-state index contributed by atoms with van der Waals surface area (Å²) in [5, 5.41) is 18.0. The van der Waals surface area contributed by atoms with Crippen molar-refractivity contribution in [2.45, 2.75) is 50.4 Å². The highest BCUT2D eigenvalue weighted by molar-refractivity contribution is 9.09. The topological polar surface area (TPSA) is 40.5 Å². The Hall–Kier alpha value is 0.970. The largest absolute Gasteiger partial charge is 0.367 e. The van der Waals surface area contributed by atoms with Crippen LogP contribution in [0.4, 0.5) is 0 Å². The normalized spacial score (nSPS) is 13.8. The first kappa shape index (κ1) is 14.0. The van der Waals surface area contributed by atoms with Gasteiger partial charge in [0.15, 0.2) is 6.29 Å². The van der Waals surface area contributed by atoms with Gasteiger partial charge in [0.25, 0.3) is 0 Å². The van der Waals surface area contributed by atoms with E-state index in [-0.39, 0.29) is 4.75 Å². The minimum atomic E-state index is -1.27. The van der Waals surface area contributed by atoms with Gasteiger partial charge in [0, 0.05) is 4.75 Å². The number of hydrogen-bond donors (Lipinski definition) is 2. The van der Waals surface area contributed by atoms with Gasteiger partial charge >= 0.3 is 0 Å². The molecule has 0 saturated carbocycles. The Morgan fingerprint density at radius 1 is 0.923 bits per heavy atom. The van der Waals surface area contributed by atoms with E-state index >= 15 is 0 Å². The molecule has 0 fully saturated rings. The second kappa shape index (κ2) is 5.16. The quantitative estimate of drug-likeness (QED) is 0.586. The van der Waals surface area contributed by atoms with E-state index in [9.17, 15) is 0 Å². The summed E-state index contributed by atoms with van der Waals surface area (Å²) in [7, 11) is 4.84. The van der Waals surface area contributed by atoms with Gasteiger partial charge in [-0.1, -0.05) is 42.4 Å². The SMILES string of the molecule is CC(C)(C)SSSC(C)(C)C(O)O. The average Bonchev–Trinajstić information content (AvgIpc) is 1.82. The van der Waals surface area contributed by atoms with E-state index in [4.69, 9.17) is 10.2 Å². The first-order valence-electron chi connectivity index (χ1n) is 4.05. The summed E-state index contributed by atoms with van der Waals surface area (Å²) < 4.78 is -0.308. The van der Waals surface area contributed by atoms with E-state index in [0.717, 1.165) is 0 Å². The standard InChI is InChI=1S/C8H18O2S3/c1-7(2,3)11-13-12-8(4,5)6(9)10/h6,9-10H,1-5H3. The predicted molar refractivity (Wildman–Crippen MR) is 64.8 cm³/mol. The zero-order valence-corrected chi connectivity index (χ0v) is 11.1. The van der Waals surface area contributed by atoms with Gasteiger partial charge in [-0.2, -0.15) is 0 Å². The lowest BCUT2D eigenvalue weighted by molar-refractivity contribution is -0.0602. The molecule has 0 unspecified atom stereocenters. The van der Waals surface area contributed by atoms with Crippen LogP contribution in [0.25, 0.3) is 0 Å². The summed E-state index contributed by atoms with van der Waals surface area (Å²) >= 11 is 0. The summed E-state index contributed by atoms with van der Waals surface area (Å²) in [5.74, 6) is 0. The number of aliphatic hydroxyl groups excluding tert-OH is 1. The van der Waals surface area contributed by atoms with Gasteiger partial charge < -0.3 is 10.2 Å². The first-order valence-corrected chi connectivity index (χ1v) is 7.53. The van der Waals surface area contributed by atoms with E-state index in [2.05, 4.69) is 20.8 Å². The first-order chi connectivity index (χ1) is 5.65. The molecule has 0 heterocycles. The molecule has 80 valence electrons. The molecule has 0 radical (unpaired) electrons. The molecule has 2 N–H and O–H groups in total. The summed E-state index contributed by atoms with van der Waals surface area (Å²) in [5.41, 5.74) is 0. The van der Waals surface area contributed by atoms with Gasteiger partial charge in [-0.3, -0.25) is 0 Å². The van der Waals surface area contributed by atoms with E-state index in [1.54, 1.807) is 20.6 Å². The van der Waals surface area contributed by atoms with Gasteiger partial charge in [0.05, 0.1) is 4.75 Å². The Morgan fingerprint density at radius 2 is 1.38 bits per heavy atom. The van der Waals surface area contributed by atoms with Crippen LogP contribution < -0.4 is 0 Å². The molecule has 0 spiro atoms. The molecule has 0 saturated heterocycles. The maximum absolute atomic E-state index is 9.02. The van der Waals surface area contributed by atoms with Crippen molar-refractivity contribution in [1.82, 2.24) is 0 Å². The van der Waals surface area contributed by atoms with Crippen molar-refractivity contribution in [2.24, 2.45) is 0 Å². The van der Waals surface area contributed by atoms with Crippen molar-refractivity contribution >= 4 is 31.4 Å². The summed E-state index contributed by atoms with van der Waals surface area (Å²) in [4.78, 5) is 0. The summed E-state index contributed by atoms with van der Waals surface area (Å²) in [6, 6.07) is 0. The lowest BCUT2D eigenvalue weighted by Gasteiger charge is -2.26. The second-order valence-electron chi connectivity index (χ2n) is 4.32. The van der Waals surface area contributed by atoms with Gasteiger partial charge in [-0.15, -0.1) is 0 Å². The fraction of sp³-hybridized carbons (Fsp3) is 1.00. The van der Waals surface area contributed by atoms with E-state index < -0.39 is 11.0 Å². The number of aliphatic hydroxyl groups is 2. The highest BCUT2D eigenvalue weighted by atomic mass is 33.5. The van der Waals surface area contributed by atoms with Gasteiger partial charge in [0.1, 0.15) is 0 Å². The zero-order chi connectivity index (χ0) is 10.7. The Balaban J connectivity index is 3.77. The van der Waals surface area contributed by atoms with Crippen LogP contribution in [0.3, 0.4) is 0 Å². The Morgan fingerprint density at radius 3 is 1.69 bits per heavy atom. The Labute approximate surface area is 92.1 Å². The molecule has 0 aliphatic heterocycles. The third kappa shape index (κ3) is 6.96. The van der Waals surface area contributed by atoms with Crippen LogP contribution in [0.1, 0.15) is 34.6 Å². The third-order valence-electron chi connectivity index (χ3n) is 1.15. The van der Waals surface area contributed by atoms with Crippen LogP contribution >= 0.6 is 31.4 Å². The molecule has 0 bridgehead atoms. The minimum Gasteiger partial charge on any atom is -0.367 e. The maximum atomic E-state index is 9.02. The molecule has 0 rings (SSSR count). The second-order valence-corrected chi connectivity index (χ2v) is 9.70. The smallest absolute Gasteiger partial charge is 0.166 e. The van der Waals surface area contributed by atoms with E-state index in [1.807, 2.05) is 13.8 Å². The van der Waals surface area contributed by atoms with E-state index in [1.165, 1.54) is 10.8 Å². The van der Waals surface area contributed by atoms with Crippen molar-refractivity contribution < 1.29 is 10.2 Å². The Bertz CT molecular complexity index is 152. The molecule has 13 heavy (non-hydrogen) atoms. The van der Waals surface area contributed by atoms with Crippen LogP contribution in [-0.4, -0.2) is 26.0 Å². The van der Waals surface area contributed by atoms with E-state index in [0.29, 0.717) is 0 Å². The maximum Gasteiger partial charge on any atom is 0.166 e. The molecule has 0 aromatic rings. The van der Waals surface area contributed by atoms with Crippen molar-refractivity contribution in [3.05, 3.63) is 0 Å². The van der Waals surface area contributed by atoms with Gasteiger partial charge in [-0.05, 0) is 23.7 Å². The van der Waals surface area contributed by atoms with Gasteiger partial charge in [0.2, 0.25) is 0 Å². The monoisotopic (exact) mass is 242 g/mol. The molecule has 0 aliphatic rings. The fourth-order valence-electron chi connectivity index (χ4n) is 0.250. The number of hydrogen-bond acceptors (Lipinski definition) is 5. The zero-order valence-electron chi connectivity index (χ0n) is 8.70. The highest BCUT2D eigenvalue weighted by Crippen LogP contribution is 2.48. The molecule has 0 aromatic carbocycles. The molecule has 0 aromatic heterocycles. The lowest BCUT2D eigenvalue weighted by Crippen LogP contribution is -2.31. The van der Waals surface area contributed by atoms with Crippen LogP contribution in [0.2, 0.25) is 0 Å². The average molecular weight is 242 g/mol. The molecule has 2 nitrogen and oxygen atoms in total. The van der Waals surface area contributed by atoms with Crippen molar-refractivity contribution in [3.63, 3.8) is 0 Å². The third-order valence-corrected chi connectivity index (χ3v) is 6.85. The summed E-state index contributed by atoms with van der Waals surface area (Å²) in [6.07, 6.45) is -1.27. The van der Waals surface area contributed by atoms with Crippen molar-refractivity contribution in [3.8, 4) is 0 Å². The highest BCUT2D eigenvalue weighted by Gasteiger charge is 2.28. The predicted octanol–water partition coefficient (Wildman–Crippen LogP) is 2.90. The molecular formula is C8H18O2S3. The van der Waals surface area contributed by atoms with Crippen molar-refractivity contribution in [1.29, 1.82) is 0 Å². The molecule has 5 heteroatoms. The number of rotatable bonds is 4. The van der Waals surface area contributed by atoms with Crippen LogP contribution in [0.15, 0.2) is 0 Å². The lowest BCUT2D eigenvalue weighted by atomic mass is 10.2. The van der Waals surface area contributed by atoms with Gasteiger partial charge in [-0.25, -0.2) is 0 Å². The molecule has 0 atom stereocenters. The minimum absolute atomic E-state index is 0.203. The Kier molecular flexibility index (Phi) is 5.55. The molecule has 0 amide bonds. The molecular weight excluding hydrogens is 224 g/mol. The summed E-state index contributed by atoms with van der Waals surface area (Å²) in [6.45, 7) is 10.0. The molecule has 0 aliphatic carbocycles. The fourth-order valence-corrected chi connectivity index (χ4v) is 5.97.